The van der Waals surface area contributed by atoms with Gasteiger partial charge in [-0.25, -0.2) is 0 Å². The SMILES string of the molecule is CCCCCC1CCNC1. The zero-order valence-electron chi connectivity index (χ0n) is 7.03. The van der Waals surface area contributed by atoms with Gasteiger partial charge in [0.1, 0.15) is 0 Å². The predicted molar refractivity (Wildman–Crippen MR) is 45.1 cm³/mol. The smallest absolute Gasteiger partial charge is 0.00200 e. The third-order valence-electron chi connectivity index (χ3n) is 2.38. The molecule has 1 nitrogen and oxygen atoms in total. The van der Waals surface area contributed by atoms with E-state index in [-0.39, 0.29) is 0 Å². The first kappa shape index (κ1) is 8.06. The van der Waals surface area contributed by atoms with Crippen LogP contribution in [0.5, 0.6) is 0 Å². The second-order valence-corrected chi connectivity index (χ2v) is 3.35. The third kappa shape index (κ3) is 2.70. The minimum absolute atomic E-state index is 1.01. The molecule has 1 aliphatic heterocycles. The first-order chi connectivity index (χ1) is 4.93. The molecule has 0 amide bonds. The molecule has 0 bridgehead atoms. The van der Waals surface area contributed by atoms with Crippen molar-refractivity contribution in [3.63, 3.8) is 0 Å². The van der Waals surface area contributed by atoms with Crippen molar-refractivity contribution in [2.45, 2.75) is 39.0 Å². The van der Waals surface area contributed by atoms with Crippen molar-refractivity contribution in [3.05, 3.63) is 0 Å². The van der Waals surface area contributed by atoms with Crippen LogP contribution in [0.15, 0.2) is 0 Å². The highest BCUT2D eigenvalue weighted by Gasteiger charge is 2.12. The Morgan fingerprint density at radius 1 is 1.40 bits per heavy atom. The first-order valence-electron chi connectivity index (χ1n) is 4.64. The summed E-state index contributed by atoms with van der Waals surface area (Å²) in [5, 5.41) is 3.40. The van der Waals surface area contributed by atoms with E-state index in [9.17, 15) is 0 Å². The molecule has 0 spiro atoms. The number of nitrogens with one attached hydrogen (secondary N) is 1. The van der Waals surface area contributed by atoms with Gasteiger partial charge >= 0.3 is 0 Å². The molecule has 1 atom stereocenters. The minimum atomic E-state index is 1.01. The summed E-state index contributed by atoms with van der Waals surface area (Å²) in [7, 11) is 0. The number of hydrogen-bond donors (Lipinski definition) is 1. The number of rotatable bonds is 4. The summed E-state index contributed by atoms with van der Waals surface area (Å²) < 4.78 is 0. The van der Waals surface area contributed by atoms with Crippen LogP contribution in [-0.4, -0.2) is 13.1 Å². The maximum atomic E-state index is 3.40. The summed E-state index contributed by atoms with van der Waals surface area (Å²) in [4.78, 5) is 0. The Morgan fingerprint density at radius 3 is 2.90 bits per heavy atom. The van der Waals surface area contributed by atoms with Crippen LogP contribution in [0.25, 0.3) is 0 Å². The van der Waals surface area contributed by atoms with Gasteiger partial charge in [-0.05, 0) is 31.8 Å². The zero-order valence-corrected chi connectivity index (χ0v) is 7.03. The summed E-state index contributed by atoms with van der Waals surface area (Å²) in [5.74, 6) is 1.01. The predicted octanol–water partition coefficient (Wildman–Crippen LogP) is 2.18. The molecule has 0 aromatic heterocycles. The molecule has 1 fully saturated rings. The van der Waals surface area contributed by atoms with Crippen LogP contribution in [-0.2, 0) is 0 Å². The highest BCUT2D eigenvalue weighted by atomic mass is 14.9. The van der Waals surface area contributed by atoms with Crippen LogP contribution in [0, 0.1) is 5.92 Å². The average Bonchev–Trinajstić information content (AvgIpc) is 2.41. The Bertz CT molecular complexity index is 74.8. The molecule has 1 rings (SSSR count). The standard InChI is InChI=1S/C9H19N/c1-2-3-4-5-9-6-7-10-8-9/h9-10H,2-8H2,1H3. The maximum absolute atomic E-state index is 3.40. The van der Waals surface area contributed by atoms with Crippen molar-refractivity contribution in [2.75, 3.05) is 13.1 Å². The lowest BCUT2D eigenvalue weighted by molar-refractivity contribution is 0.495. The second kappa shape index (κ2) is 4.73. The van der Waals surface area contributed by atoms with Crippen LogP contribution in [0.1, 0.15) is 39.0 Å². The van der Waals surface area contributed by atoms with Gasteiger partial charge in [0.2, 0.25) is 0 Å². The fourth-order valence-electron chi connectivity index (χ4n) is 1.64. The highest BCUT2D eigenvalue weighted by Crippen LogP contribution is 2.15. The summed E-state index contributed by atoms with van der Waals surface area (Å²) in [5.41, 5.74) is 0. The summed E-state index contributed by atoms with van der Waals surface area (Å²) in [6, 6.07) is 0. The molecule has 1 unspecified atom stereocenters. The molecule has 0 aliphatic carbocycles. The Kier molecular flexibility index (Phi) is 3.81. The monoisotopic (exact) mass is 141 g/mol. The molecule has 0 aromatic rings. The van der Waals surface area contributed by atoms with Gasteiger partial charge in [0.25, 0.3) is 0 Å². The van der Waals surface area contributed by atoms with Crippen LogP contribution >= 0.6 is 0 Å². The summed E-state index contributed by atoms with van der Waals surface area (Å²) in [6.07, 6.45) is 7.12. The largest absolute Gasteiger partial charge is 0.316 e. The van der Waals surface area contributed by atoms with Gasteiger partial charge in [0, 0.05) is 0 Å². The van der Waals surface area contributed by atoms with Crippen LogP contribution in [0.4, 0.5) is 0 Å². The van der Waals surface area contributed by atoms with E-state index in [1.165, 1.54) is 45.2 Å². The normalized spacial score (nSPS) is 25.5. The summed E-state index contributed by atoms with van der Waals surface area (Å²) >= 11 is 0. The average molecular weight is 141 g/mol. The van der Waals surface area contributed by atoms with Gasteiger partial charge in [-0.15, -0.1) is 0 Å². The third-order valence-corrected chi connectivity index (χ3v) is 2.38. The zero-order chi connectivity index (χ0) is 7.23. The molecule has 10 heavy (non-hydrogen) atoms. The Hall–Kier alpha value is -0.0400. The van der Waals surface area contributed by atoms with E-state index in [0.29, 0.717) is 0 Å². The van der Waals surface area contributed by atoms with Gasteiger partial charge in [0.15, 0.2) is 0 Å². The molecular weight excluding hydrogens is 122 g/mol. The lowest BCUT2D eigenvalue weighted by Crippen LogP contribution is -2.08. The minimum Gasteiger partial charge on any atom is -0.316 e. The van der Waals surface area contributed by atoms with Crippen molar-refractivity contribution < 1.29 is 0 Å². The lowest BCUT2D eigenvalue weighted by Gasteiger charge is -2.05. The molecule has 60 valence electrons. The van der Waals surface area contributed by atoms with Crippen LogP contribution in [0.3, 0.4) is 0 Å². The number of unbranched alkanes of at least 4 members (excludes halogenated alkanes) is 2. The van der Waals surface area contributed by atoms with E-state index < -0.39 is 0 Å². The Balaban J connectivity index is 1.91. The first-order valence-corrected chi connectivity index (χ1v) is 4.64. The highest BCUT2D eigenvalue weighted by molar-refractivity contribution is 4.70. The van der Waals surface area contributed by atoms with Crippen LogP contribution < -0.4 is 5.32 Å². The fourth-order valence-corrected chi connectivity index (χ4v) is 1.64. The van der Waals surface area contributed by atoms with E-state index in [1.54, 1.807) is 0 Å². The van der Waals surface area contributed by atoms with Gasteiger partial charge in [0.05, 0.1) is 0 Å². The lowest BCUT2D eigenvalue weighted by atomic mass is 10.0. The molecular formula is C9H19N. The van der Waals surface area contributed by atoms with Crippen molar-refractivity contribution in [3.8, 4) is 0 Å². The van der Waals surface area contributed by atoms with E-state index in [1.807, 2.05) is 0 Å². The molecule has 1 heteroatoms. The van der Waals surface area contributed by atoms with E-state index >= 15 is 0 Å². The number of hydrogen-bond acceptors (Lipinski definition) is 1. The molecule has 1 aliphatic rings. The Labute approximate surface area is 64.2 Å². The molecule has 1 heterocycles. The van der Waals surface area contributed by atoms with Crippen molar-refractivity contribution in [1.82, 2.24) is 5.32 Å². The van der Waals surface area contributed by atoms with Crippen molar-refractivity contribution >= 4 is 0 Å². The van der Waals surface area contributed by atoms with Gasteiger partial charge in [-0.2, -0.15) is 0 Å². The van der Waals surface area contributed by atoms with E-state index in [4.69, 9.17) is 0 Å². The second-order valence-electron chi connectivity index (χ2n) is 3.35. The van der Waals surface area contributed by atoms with E-state index in [0.717, 1.165) is 5.92 Å². The fraction of sp³-hybridized carbons (Fsp3) is 1.00. The van der Waals surface area contributed by atoms with E-state index in [2.05, 4.69) is 12.2 Å². The van der Waals surface area contributed by atoms with Crippen molar-refractivity contribution in [2.24, 2.45) is 5.92 Å². The van der Waals surface area contributed by atoms with Gasteiger partial charge in [-0.3, -0.25) is 0 Å². The molecule has 1 saturated heterocycles. The van der Waals surface area contributed by atoms with Gasteiger partial charge in [-0.1, -0.05) is 26.2 Å². The molecule has 0 aromatic carbocycles. The Morgan fingerprint density at radius 2 is 2.30 bits per heavy atom. The maximum Gasteiger partial charge on any atom is -0.00200 e. The molecule has 0 saturated carbocycles. The van der Waals surface area contributed by atoms with Gasteiger partial charge < -0.3 is 5.32 Å². The quantitative estimate of drug-likeness (QED) is 0.592. The topological polar surface area (TPSA) is 12.0 Å². The molecule has 1 N–H and O–H groups in total. The molecule has 0 radical (unpaired) electrons. The van der Waals surface area contributed by atoms with Crippen molar-refractivity contribution in [1.29, 1.82) is 0 Å². The summed E-state index contributed by atoms with van der Waals surface area (Å²) in [6.45, 7) is 4.81. The van der Waals surface area contributed by atoms with Crippen LogP contribution in [0.2, 0.25) is 0 Å².